The number of furan rings is 1. The highest BCUT2D eigenvalue weighted by Gasteiger charge is 2.16. The number of nitrogens with zero attached hydrogens (tertiary/aromatic N) is 1. The van der Waals surface area contributed by atoms with Crippen molar-refractivity contribution in [2.24, 2.45) is 0 Å². The van der Waals surface area contributed by atoms with Crippen molar-refractivity contribution in [3.05, 3.63) is 83.3 Å². The number of carbonyl (C=O) groups excluding carboxylic acids is 1. The van der Waals surface area contributed by atoms with E-state index in [4.69, 9.17) is 16.0 Å². The first kappa shape index (κ1) is 21.1. The number of amides is 1. The lowest BCUT2D eigenvalue weighted by Crippen LogP contribution is -2.32. The van der Waals surface area contributed by atoms with Gasteiger partial charge in [-0.1, -0.05) is 41.9 Å². The maximum atomic E-state index is 12.7. The van der Waals surface area contributed by atoms with Crippen molar-refractivity contribution in [1.29, 1.82) is 0 Å². The molecular weight excluding hydrogens is 412 g/mol. The average Bonchev–Trinajstić information content (AvgIpc) is 3.16. The molecule has 0 atom stereocenters. The van der Waals surface area contributed by atoms with E-state index in [0.29, 0.717) is 13.1 Å². The van der Waals surface area contributed by atoms with Gasteiger partial charge in [-0.2, -0.15) is 0 Å². The van der Waals surface area contributed by atoms with Gasteiger partial charge >= 0.3 is 0 Å². The number of rotatable bonds is 8. The molecule has 1 heterocycles. The van der Waals surface area contributed by atoms with Crippen molar-refractivity contribution in [3.63, 3.8) is 0 Å². The molecule has 8 heteroatoms. The molecule has 0 saturated heterocycles. The van der Waals surface area contributed by atoms with E-state index in [1.165, 1.54) is 18.2 Å². The van der Waals surface area contributed by atoms with E-state index in [0.717, 1.165) is 17.6 Å². The Balaban J connectivity index is 1.74. The Labute approximate surface area is 175 Å². The monoisotopic (exact) mass is 432 g/mol. The van der Waals surface area contributed by atoms with Crippen LogP contribution in [-0.4, -0.2) is 32.0 Å². The zero-order valence-corrected chi connectivity index (χ0v) is 17.4. The molecule has 3 rings (SSSR count). The van der Waals surface area contributed by atoms with Crippen molar-refractivity contribution >= 4 is 33.0 Å². The van der Waals surface area contributed by atoms with Crippen LogP contribution < -0.4 is 5.32 Å². The maximum Gasteiger partial charge on any atom is 0.238 e. The first-order valence-corrected chi connectivity index (χ1v) is 11.2. The van der Waals surface area contributed by atoms with Crippen molar-refractivity contribution in [3.8, 4) is 0 Å². The minimum Gasteiger partial charge on any atom is -0.468 e. The maximum absolute atomic E-state index is 12.7. The number of carbonyl (C=O) groups is 1. The molecule has 29 heavy (non-hydrogen) atoms. The summed E-state index contributed by atoms with van der Waals surface area (Å²) < 4.78 is 28.9. The summed E-state index contributed by atoms with van der Waals surface area (Å²) in [5, 5.41) is 2.98. The fraction of sp³-hybridized carbons (Fsp3) is 0.190. The van der Waals surface area contributed by atoms with E-state index >= 15 is 0 Å². The van der Waals surface area contributed by atoms with Gasteiger partial charge in [-0.25, -0.2) is 8.42 Å². The van der Waals surface area contributed by atoms with E-state index in [1.807, 2.05) is 41.3 Å². The fourth-order valence-corrected chi connectivity index (χ4v) is 3.67. The summed E-state index contributed by atoms with van der Waals surface area (Å²) in [7, 11) is -3.41. The topological polar surface area (TPSA) is 79.6 Å². The van der Waals surface area contributed by atoms with Crippen LogP contribution in [0.5, 0.6) is 0 Å². The summed E-state index contributed by atoms with van der Waals surface area (Å²) in [6.07, 6.45) is 2.69. The minimum absolute atomic E-state index is 0.0784. The Morgan fingerprint density at radius 3 is 2.48 bits per heavy atom. The van der Waals surface area contributed by atoms with Gasteiger partial charge in [0.05, 0.1) is 35.0 Å². The lowest BCUT2D eigenvalue weighted by molar-refractivity contribution is -0.117. The third kappa shape index (κ3) is 6.19. The summed E-state index contributed by atoms with van der Waals surface area (Å²) in [6, 6.07) is 17.7. The predicted octanol–water partition coefficient (Wildman–Crippen LogP) is 3.98. The molecule has 0 saturated carbocycles. The van der Waals surface area contributed by atoms with Gasteiger partial charge in [0, 0.05) is 12.8 Å². The van der Waals surface area contributed by atoms with Crippen molar-refractivity contribution in [1.82, 2.24) is 4.90 Å². The second-order valence-electron chi connectivity index (χ2n) is 6.67. The van der Waals surface area contributed by atoms with Crippen LogP contribution in [-0.2, 0) is 27.7 Å². The molecule has 3 aromatic rings. The van der Waals surface area contributed by atoms with E-state index in [-0.39, 0.29) is 28.1 Å². The zero-order valence-electron chi connectivity index (χ0n) is 15.8. The van der Waals surface area contributed by atoms with Crippen LogP contribution in [0.4, 0.5) is 5.69 Å². The summed E-state index contributed by atoms with van der Waals surface area (Å²) >= 11 is 6.13. The van der Waals surface area contributed by atoms with Crippen LogP contribution in [0.1, 0.15) is 11.3 Å². The molecule has 0 radical (unpaired) electrons. The van der Waals surface area contributed by atoms with Gasteiger partial charge < -0.3 is 9.73 Å². The number of sulfone groups is 1. The lowest BCUT2D eigenvalue weighted by atomic mass is 10.2. The Morgan fingerprint density at radius 1 is 1.07 bits per heavy atom. The summed E-state index contributed by atoms with van der Waals surface area (Å²) in [5.41, 5.74) is 1.32. The Morgan fingerprint density at radius 2 is 1.83 bits per heavy atom. The molecule has 1 amide bonds. The largest absolute Gasteiger partial charge is 0.468 e. The second kappa shape index (κ2) is 9.26. The first-order chi connectivity index (χ1) is 13.8. The number of benzene rings is 2. The molecule has 0 bridgehead atoms. The lowest BCUT2D eigenvalue weighted by Gasteiger charge is -2.21. The molecule has 2 aromatic carbocycles. The number of nitrogens with one attached hydrogen (secondary N) is 1. The molecular formula is C21H21ClN2O4S. The number of anilines is 1. The highest BCUT2D eigenvalue weighted by molar-refractivity contribution is 7.90. The Kier molecular flexibility index (Phi) is 6.74. The van der Waals surface area contributed by atoms with E-state index < -0.39 is 9.84 Å². The predicted molar refractivity (Wildman–Crippen MR) is 112 cm³/mol. The van der Waals surface area contributed by atoms with E-state index in [1.54, 1.807) is 12.3 Å². The number of hydrogen-bond donors (Lipinski definition) is 1. The van der Waals surface area contributed by atoms with Gasteiger partial charge in [-0.05, 0) is 35.9 Å². The molecule has 6 nitrogen and oxygen atoms in total. The highest BCUT2D eigenvalue weighted by Crippen LogP contribution is 2.25. The molecule has 1 N–H and O–H groups in total. The molecule has 1 aromatic heterocycles. The van der Waals surface area contributed by atoms with Crippen LogP contribution in [0, 0.1) is 0 Å². The highest BCUT2D eigenvalue weighted by atomic mass is 35.5. The SMILES string of the molecule is CS(=O)(=O)c1ccc(Cl)c(NC(=O)CN(Cc2ccccc2)Cc2ccco2)c1. The normalized spacial score (nSPS) is 11.6. The van der Waals surface area contributed by atoms with Crippen LogP contribution in [0.25, 0.3) is 0 Å². The van der Waals surface area contributed by atoms with E-state index in [2.05, 4.69) is 5.32 Å². The molecule has 0 aliphatic heterocycles. The first-order valence-electron chi connectivity index (χ1n) is 8.89. The zero-order chi connectivity index (χ0) is 20.9. The molecule has 152 valence electrons. The minimum atomic E-state index is -3.41. The summed E-state index contributed by atoms with van der Waals surface area (Å²) in [5.74, 6) is 0.436. The van der Waals surface area contributed by atoms with Gasteiger partial charge in [0.1, 0.15) is 5.76 Å². The van der Waals surface area contributed by atoms with Crippen LogP contribution in [0.15, 0.2) is 76.2 Å². The smallest absolute Gasteiger partial charge is 0.238 e. The number of halogens is 1. The van der Waals surface area contributed by atoms with Crippen LogP contribution >= 0.6 is 11.6 Å². The van der Waals surface area contributed by atoms with Gasteiger partial charge in [0.15, 0.2) is 9.84 Å². The van der Waals surface area contributed by atoms with Crippen LogP contribution in [0.3, 0.4) is 0 Å². The molecule has 0 aliphatic carbocycles. The van der Waals surface area contributed by atoms with Crippen molar-refractivity contribution in [2.45, 2.75) is 18.0 Å². The molecule has 0 fully saturated rings. The van der Waals surface area contributed by atoms with Crippen molar-refractivity contribution in [2.75, 3.05) is 18.1 Å². The van der Waals surface area contributed by atoms with Gasteiger partial charge in [-0.3, -0.25) is 9.69 Å². The quantitative estimate of drug-likeness (QED) is 0.582. The summed E-state index contributed by atoms with van der Waals surface area (Å²) in [6.45, 7) is 1.08. The average molecular weight is 433 g/mol. The number of hydrogen-bond acceptors (Lipinski definition) is 5. The fourth-order valence-electron chi connectivity index (χ4n) is 2.86. The van der Waals surface area contributed by atoms with Gasteiger partial charge in [-0.15, -0.1) is 0 Å². The standard InChI is InChI=1S/C21H21ClN2O4S/c1-29(26,27)18-9-10-19(22)20(12-18)23-21(25)15-24(14-17-8-5-11-28-17)13-16-6-3-2-4-7-16/h2-12H,13-15H2,1H3,(H,23,25). The van der Waals surface area contributed by atoms with Gasteiger partial charge in [0.25, 0.3) is 0 Å². The molecule has 0 unspecified atom stereocenters. The van der Waals surface area contributed by atoms with Gasteiger partial charge in [0.2, 0.25) is 5.91 Å². The van der Waals surface area contributed by atoms with Crippen LogP contribution in [0.2, 0.25) is 5.02 Å². The summed E-state index contributed by atoms with van der Waals surface area (Å²) in [4.78, 5) is 14.7. The molecule has 0 spiro atoms. The van der Waals surface area contributed by atoms with Crippen molar-refractivity contribution < 1.29 is 17.6 Å². The third-order valence-electron chi connectivity index (χ3n) is 4.22. The Bertz CT molecular complexity index is 1070. The van der Waals surface area contributed by atoms with E-state index in [9.17, 15) is 13.2 Å². The molecule has 0 aliphatic rings. The Hall–Kier alpha value is -2.61. The second-order valence-corrected chi connectivity index (χ2v) is 9.10. The third-order valence-corrected chi connectivity index (χ3v) is 5.66.